The van der Waals surface area contributed by atoms with E-state index in [2.05, 4.69) is 28.1 Å². The van der Waals surface area contributed by atoms with Gasteiger partial charge in [0.25, 0.3) is 0 Å². The standard InChI is InChI=1S/C13H21N2O2P3/c18-15-8-12(6-7-13(15)10-17-20-19)14-16-9-11-4-2-1-3-5-11/h1-5,13,20H,6-10,18-19H2/b14-12+/t13-/m0/s1. The fourth-order valence-electron chi connectivity index (χ4n) is 2.09. The molecular formula is C13H21N2O2P3. The summed E-state index contributed by atoms with van der Waals surface area (Å²) >= 11 is 0. The maximum Gasteiger partial charge on any atom is 0.142 e. The average molecular weight is 330 g/mol. The number of oxime groups is 1. The molecule has 1 aromatic carbocycles. The SMILES string of the molecule is PPOC[C@@H]1CC/C(=N\OCc2ccccc2)CN1P. The van der Waals surface area contributed by atoms with Crippen molar-refractivity contribution >= 4 is 32.5 Å². The van der Waals surface area contributed by atoms with Crippen LogP contribution in [0.15, 0.2) is 35.5 Å². The Kier molecular flexibility index (Phi) is 7.35. The van der Waals surface area contributed by atoms with Crippen LogP contribution in [-0.2, 0) is 16.0 Å². The maximum absolute atomic E-state index is 5.48. The lowest BCUT2D eigenvalue weighted by molar-refractivity contribution is 0.126. The molecule has 1 heterocycles. The first-order valence-electron chi connectivity index (χ1n) is 6.60. The van der Waals surface area contributed by atoms with Crippen LogP contribution in [0, 0.1) is 0 Å². The van der Waals surface area contributed by atoms with E-state index in [1.807, 2.05) is 30.3 Å². The van der Waals surface area contributed by atoms with Gasteiger partial charge in [-0.3, -0.25) is 4.67 Å². The molecule has 20 heavy (non-hydrogen) atoms. The van der Waals surface area contributed by atoms with Gasteiger partial charge >= 0.3 is 0 Å². The summed E-state index contributed by atoms with van der Waals surface area (Å²) < 4.78 is 7.69. The number of hydrogen-bond donors (Lipinski definition) is 0. The van der Waals surface area contributed by atoms with E-state index < -0.39 is 0 Å². The van der Waals surface area contributed by atoms with Crippen LogP contribution in [0.3, 0.4) is 0 Å². The highest BCUT2D eigenvalue weighted by molar-refractivity contribution is 8.00. The van der Waals surface area contributed by atoms with Gasteiger partial charge in [-0.1, -0.05) is 53.8 Å². The summed E-state index contributed by atoms with van der Waals surface area (Å²) in [6.07, 6.45) is 2.04. The summed E-state index contributed by atoms with van der Waals surface area (Å²) in [6.45, 7) is 2.14. The van der Waals surface area contributed by atoms with E-state index in [0.717, 1.165) is 37.3 Å². The molecule has 0 aromatic heterocycles. The summed E-state index contributed by atoms with van der Waals surface area (Å²) in [6, 6.07) is 10.6. The molecule has 1 saturated heterocycles. The van der Waals surface area contributed by atoms with Crippen LogP contribution in [0.5, 0.6) is 0 Å². The van der Waals surface area contributed by atoms with Gasteiger partial charge in [0.1, 0.15) is 6.61 Å². The highest BCUT2D eigenvalue weighted by Gasteiger charge is 2.23. The van der Waals surface area contributed by atoms with Crippen molar-refractivity contribution in [3.05, 3.63) is 35.9 Å². The van der Waals surface area contributed by atoms with Gasteiger partial charge in [0.2, 0.25) is 0 Å². The number of hydrogen-bond acceptors (Lipinski definition) is 4. The molecule has 1 fully saturated rings. The zero-order valence-electron chi connectivity index (χ0n) is 11.4. The Hall–Kier alpha value is -0.100. The summed E-state index contributed by atoms with van der Waals surface area (Å²) in [7, 11) is 5.85. The normalized spacial score (nSPS) is 22.7. The highest BCUT2D eigenvalue weighted by Crippen LogP contribution is 2.26. The van der Waals surface area contributed by atoms with Crippen molar-refractivity contribution in [2.45, 2.75) is 25.5 Å². The molecule has 7 heteroatoms. The lowest BCUT2D eigenvalue weighted by Gasteiger charge is -2.32. The van der Waals surface area contributed by atoms with Crippen LogP contribution < -0.4 is 0 Å². The van der Waals surface area contributed by atoms with Crippen molar-refractivity contribution in [1.29, 1.82) is 0 Å². The lowest BCUT2D eigenvalue weighted by Crippen LogP contribution is -2.39. The van der Waals surface area contributed by atoms with Crippen LogP contribution in [-0.4, -0.2) is 29.6 Å². The Bertz CT molecular complexity index is 431. The molecule has 1 aliphatic rings. The first kappa shape index (κ1) is 16.3. The summed E-state index contributed by atoms with van der Waals surface area (Å²) in [5.41, 5.74) is 2.24. The third-order valence-electron chi connectivity index (χ3n) is 3.23. The predicted octanol–water partition coefficient (Wildman–Crippen LogP) is 3.21. The van der Waals surface area contributed by atoms with Crippen molar-refractivity contribution in [2.24, 2.45) is 5.16 Å². The molecule has 0 bridgehead atoms. The lowest BCUT2D eigenvalue weighted by atomic mass is 10.0. The van der Waals surface area contributed by atoms with E-state index in [4.69, 9.17) is 9.36 Å². The van der Waals surface area contributed by atoms with Crippen LogP contribution >= 0.6 is 26.8 Å². The van der Waals surface area contributed by atoms with Crippen molar-refractivity contribution in [2.75, 3.05) is 13.2 Å². The third-order valence-corrected chi connectivity index (χ3v) is 4.66. The van der Waals surface area contributed by atoms with Gasteiger partial charge < -0.3 is 9.36 Å². The Morgan fingerprint density at radius 3 is 2.85 bits per heavy atom. The van der Waals surface area contributed by atoms with Crippen LogP contribution in [0.1, 0.15) is 18.4 Å². The molecule has 1 aromatic rings. The highest BCUT2D eigenvalue weighted by atomic mass is 32.0. The monoisotopic (exact) mass is 330 g/mol. The minimum atomic E-state index is 0.459. The van der Waals surface area contributed by atoms with E-state index in [9.17, 15) is 0 Å². The van der Waals surface area contributed by atoms with E-state index in [0.29, 0.717) is 21.1 Å². The average Bonchev–Trinajstić information content (AvgIpc) is 2.47. The second-order valence-corrected chi connectivity index (χ2v) is 6.61. The molecule has 4 atom stereocenters. The quantitative estimate of drug-likeness (QED) is 0.593. The number of piperidine rings is 1. The predicted molar refractivity (Wildman–Crippen MR) is 92.1 cm³/mol. The number of benzene rings is 1. The van der Waals surface area contributed by atoms with Crippen LogP contribution in [0.25, 0.3) is 0 Å². The summed E-state index contributed by atoms with van der Waals surface area (Å²) in [4.78, 5) is 5.44. The minimum Gasteiger partial charge on any atom is -0.391 e. The third kappa shape index (κ3) is 5.35. The van der Waals surface area contributed by atoms with Gasteiger partial charge in [0.05, 0.1) is 12.3 Å². The van der Waals surface area contributed by atoms with Crippen molar-refractivity contribution in [3.8, 4) is 0 Å². The number of rotatable bonds is 6. The van der Waals surface area contributed by atoms with E-state index in [-0.39, 0.29) is 0 Å². The van der Waals surface area contributed by atoms with E-state index in [1.54, 1.807) is 0 Å². The first-order valence-corrected chi connectivity index (χ1v) is 9.83. The largest absolute Gasteiger partial charge is 0.391 e. The maximum atomic E-state index is 5.48. The molecule has 4 nitrogen and oxygen atoms in total. The second-order valence-electron chi connectivity index (χ2n) is 4.71. The minimum absolute atomic E-state index is 0.459. The van der Waals surface area contributed by atoms with Crippen molar-refractivity contribution in [3.63, 3.8) is 0 Å². The molecule has 2 rings (SSSR count). The molecule has 0 N–H and O–H groups in total. The molecular weight excluding hydrogens is 309 g/mol. The Balaban J connectivity index is 1.76. The van der Waals surface area contributed by atoms with E-state index in [1.165, 1.54) is 0 Å². The van der Waals surface area contributed by atoms with Crippen molar-refractivity contribution in [1.82, 2.24) is 4.67 Å². The van der Waals surface area contributed by atoms with Gasteiger partial charge in [-0.15, -0.1) is 0 Å². The fraction of sp³-hybridized carbons (Fsp3) is 0.462. The van der Waals surface area contributed by atoms with Gasteiger partial charge in [-0.25, -0.2) is 0 Å². The van der Waals surface area contributed by atoms with Crippen LogP contribution in [0.4, 0.5) is 0 Å². The Morgan fingerprint density at radius 2 is 2.15 bits per heavy atom. The van der Waals surface area contributed by atoms with Gasteiger partial charge in [-0.2, -0.15) is 0 Å². The summed E-state index contributed by atoms with van der Waals surface area (Å²) in [5, 5.41) is 4.26. The van der Waals surface area contributed by atoms with E-state index >= 15 is 0 Å². The molecule has 3 unspecified atom stereocenters. The topological polar surface area (TPSA) is 34.1 Å². The fourth-order valence-corrected chi connectivity index (χ4v) is 3.11. The second kappa shape index (κ2) is 9.03. The molecule has 0 amide bonds. The Morgan fingerprint density at radius 1 is 1.35 bits per heavy atom. The molecule has 0 spiro atoms. The van der Waals surface area contributed by atoms with Gasteiger partial charge in [0, 0.05) is 21.1 Å². The van der Waals surface area contributed by atoms with Gasteiger partial charge in [0.15, 0.2) is 0 Å². The molecule has 0 radical (unpaired) electrons. The molecule has 0 saturated carbocycles. The molecule has 0 aliphatic carbocycles. The first-order chi connectivity index (χ1) is 9.79. The zero-order chi connectivity index (χ0) is 14.2. The number of nitrogens with zero attached hydrogens (tertiary/aromatic N) is 2. The Labute approximate surface area is 126 Å². The van der Waals surface area contributed by atoms with Crippen molar-refractivity contribution < 1.29 is 9.36 Å². The molecule has 110 valence electrons. The zero-order valence-corrected chi connectivity index (χ0v) is 14.7. The summed E-state index contributed by atoms with van der Waals surface area (Å²) in [5.74, 6) is 0. The van der Waals surface area contributed by atoms with Gasteiger partial charge in [-0.05, 0) is 18.4 Å². The van der Waals surface area contributed by atoms with Crippen LogP contribution in [0.2, 0.25) is 0 Å². The molecule has 1 aliphatic heterocycles. The smallest absolute Gasteiger partial charge is 0.142 e.